The second-order valence-corrected chi connectivity index (χ2v) is 4.50. The van der Waals surface area contributed by atoms with Gasteiger partial charge >= 0.3 is 0 Å². The fourth-order valence-corrected chi connectivity index (χ4v) is 1.98. The minimum absolute atomic E-state index is 0.146. The topological polar surface area (TPSA) is 20.3 Å². The van der Waals surface area contributed by atoms with Crippen LogP contribution in [-0.2, 0) is 4.79 Å². The van der Waals surface area contributed by atoms with Crippen LogP contribution in [0, 0.1) is 0 Å². The molecule has 12 heavy (non-hydrogen) atoms. The summed E-state index contributed by atoms with van der Waals surface area (Å²) in [5, 5.41) is 0. The summed E-state index contributed by atoms with van der Waals surface area (Å²) in [4.78, 5) is 13.7. The smallest absolute Gasteiger partial charge is 0.151 e. The lowest BCUT2D eigenvalue weighted by atomic mass is 10.0. The normalized spacial score (nSPS) is 26.7. The molecule has 1 saturated heterocycles. The highest BCUT2D eigenvalue weighted by Crippen LogP contribution is 2.25. The van der Waals surface area contributed by atoms with Crippen LogP contribution in [0.5, 0.6) is 0 Å². The van der Waals surface area contributed by atoms with E-state index in [2.05, 4.69) is 32.6 Å². The van der Waals surface area contributed by atoms with Crippen LogP contribution in [0.2, 0.25) is 0 Å². The number of nitrogens with zero attached hydrogens (tertiary/aromatic N) is 1. The Labute approximate surface area is 74.9 Å². The molecule has 0 saturated carbocycles. The number of carbonyl (C=O) groups is 1. The van der Waals surface area contributed by atoms with Crippen molar-refractivity contribution in [3.8, 4) is 0 Å². The van der Waals surface area contributed by atoms with E-state index in [9.17, 15) is 4.79 Å². The van der Waals surface area contributed by atoms with Gasteiger partial charge in [-0.1, -0.05) is 6.92 Å². The summed E-state index contributed by atoms with van der Waals surface area (Å²) >= 11 is 0. The van der Waals surface area contributed by atoms with Gasteiger partial charge in [0.05, 0.1) is 6.04 Å². The van der Waals surface area contributed by atoms with Gasteiger partial charge in [-0.05, 0) is 27.2 Å². The van der Waals surface area contributed by atoms with Gasteiger partial charge in [0.2, 0.25) is 0 Å². The zero-order valence-electron chi connectivity index (χ0n) is 8.55. The van der Waals surface area contributed by atoms with Gasteiger partial charge in [0.1, 0.15) is 0 Å². The maximum Gasteiger partial charge on any atom is 0.151 e. The average molecular weight is 169 g/mol. The SMILES string of the molecule is CCC1C(=O)CCN1C(C)(C)C. The molecule has 0 bridgehead atoms. The number of ketones is 1. The van der Waals surface area contributed by atoms with Crippen molar-refractivity contribution >= 4 is 5.78 Å². The van der Waals surface area contributed by atoms with Crippen LogP contribution >= 0.6 is 0 Å². The first-order valence-electron chi connectivity index (χ1n) is 4.76. The molecule has 0 N–H and O–H groups in total. The van der Waals surface area contributed by atoms with Crippen molar-refractivity contribution in [3.63, 3.8) is 0 Å². The van der Waals surface area contributed by atoms with Gasteiger partial charge in [-0.25, -0.2) is 0 Å². The number of Topliss-reactive ketones (excluding diaryl/α,β-unsaturated/α-hetero) is 1. The minimum atomic E-state index is 0.146. The summed E-state index contributed by atoms with van der Waals surface area (Å²) in [5.74, 6) is 0.424. The van der Waals surface area contributed by atoms with Crippen molar-refractivity contribution < 1.29 is 4.79 Å². The average Bonchev–Trinajstić information content (AvgIpc) is 2.29. The van der Waals surface area contributed by atoms with Crippen LogP contribution < -0.4 is 0 Å². The molecule has 70 valence electrons. The van der Waals surface area contributed by atoms with E-state index in [1.807, 2.05) is 0 Å². The maximum absolute atomic E-state index is 11.4. The van der Waals surface area contributed by atoms with E-state index < -0.39 is 0 Å². The molecule has 0 radical (unpaired) electrons. The lowest BCUT2D eigenvalue weighted by Gasteiger charge is -2.35. The second-order valence-electron chi connectivity index (χ2n) is 4.50. The number of hydrogen-bond acceptors (Lipinski definition) is 2. The Morgan fingerprint density at radius 2 is 2.08 bits per heavy atom. The van der Waals surface area contributed by atoms with E-state index >= 15 is 0 Å². The molecular weight excluding hydrogens is 150 g/mol. The highest BCUT2D eigenvalue weighted by molar-refractivity contribution is 5.86. The quantitative estimate of drug-likeness (QED) is 0.597. The van der Waals surface area contributed by atoms with Crippen molar-refractivity contribution in [2.24, 2.45) is 0 Å². The van der Waals surface area contributed by atoms with Gasteiger partial charge in [0.25, 0.3) is 0 Å². The Morgan fingerprint density at radius 3 is 2.42 bits per heavy atom. The van der Waals surface area contributed by atoms with Gasteiger partial charge in [-0.3, -0.25) is 9.69 Å². The number of rotatable bonds is 1. The van der Waals surface area contributed by atoms with E-state index in [-0.39, 0.29) is 11.6 Å². The largest absolute Gasteiger partial charge is 0.298 e. The van der Waals surface area contributed by atoms with E-state index in [1.165, 1.54) is 0 Å². The third-order valence-corrected chi connectivity index (χ3v) is 2.60. The highest BCUT2D eigenvalue weighted by Gasteiger charge is 2.36. The third kappa shape index (κ3) is 1.69. The van der Waals surface area contributed by atoms with E-state index in [0.717, 1.165) is 19.4 Å². The molecule has 0 aromatic carbocycles. The Morgan fingerprint density at radius 1 is 1.50 bits per heavy atom. The molecule has 2 heteroatoms. The summed E-state index contributed by atoms with van der Waals surface area (Å²) in [6.45, 7) is 9.56. The number of carbonyl (C=O) groups excluding carboxylic acids is 1. The van der Waals surface area contributed by atoms with Crippen LogP contribution in [0.4, 0.5) is 0 Å². The summed E-state index contributed by atoms with van der Waals surface area (Å²) in [6, 6.07) is 0.185. The molecule has 1 aliphatic heterocycles. The molecule has 1 rings (SSSR count). The third-order valence-electron chi connectivity index (χ3n) is 2.60. The van der Waals surface area contributed by atoms with E-state index in [0.29, 0.717) is 5.78 Å². The number of hydrogen-bond donors (Lipinski definition) is 0. The highest BCUT2D eigenvalue weighted by atomic mass is 16.1. The van der Waals surface area contributed by atoms with Crippen molar-refractivity contribution in [2.45, 2.75) is 52.1 Å². The Bertz CT molecular complexity index is 181. The summed E-state index contributed by atoms with van der Waals surface area (Å²) < 4.78 is 0. The van der Waals surface area contributed by atoms with E-state index in [1.54, 1.807) is 0 Å². The molecule has 0 spiro atoms. The minimum Gasteiger partial charge on any atom is -0.298 e. The van der Waals surface area contributed by atoms with Crippen molar-refractivity contribution in [1.82, 2.24) is 4.90 Å². The van der Waals surface area contributed by atoms with Crippen LogP contribution in [0.1, 0.15) is 40.5 Å². The van der Waals surface area contributed by atoms with Crippen LogP contribution in [-0.4, -0.2) is 28.8 Å². The van der Waals surface area contributed by atoms with Crippen molar-refractivity contribution in [2.75, 3.05) is 6.54 Å². The molecular formula is C10H19NO. The molecule has 1 unspecified atom stereocenters. The first-order valence-corrected chi connectivity index (χ1v) is 4.76. The van der Waals surface area contributed by atoms with Gasteiger partial charge in [0, 0.05) is 18.5 Å². The van der Waals surface area contributed by atoms with Crippen LogP contribution in [0.25, 0.3) is 0 Å². The Balaban J connectivity index is 2.73. The standard InChI is InChI=1S/C10H19NO/c1-5-8-9(12)6-7-11(8)10(2,3)4/h8H,5-7H2,1-4H3. The molecule has 1 fully saturated rings. The molecule has 1 aliphatic rings. The predicted octanol–water partition coefficient (Wildman–Crippen LogP) is 1.84. The van der Waals surface area contributed by atoms with Gasteiger partial charge < -0.3 is 0 Å². The molecule has 0 aliphatic carbocycles. The first kappa shape index (κ1) is 9.72. The lowest BCUT2D eigenvalue weighted by Crippen LogP contribution is -2.45. The molecule has 2 nitrogen and oxygen atoms in total. The van der Waals surface area contributed by atoms with Gasteiger partial charge in [-0.2, -0.15) is 0 Å². The molecule has 0 amide bonds. The number of likely N-dealkylation sites (tertiary alicyclic amines) is 1. The Kier molecular flexibility index (Phi) is 2.57. The zero-order chi connectivity index (χ0) is 9.35. The van der Waals surface area contributed by atoms with Crippen molar-refractivity contribution in [3.05, 3.63) is 0 Å². The van der Waals surface area contributed by atoms with Crippen molar-refractivity contribution in [1.29, 1.82) is 0 Å². The monoisotopic (exact) mass is 169 g/mol. The van der Waals surface area contributed by atoms with Crippen LogP contribution in [0.3, 0.4) is 0 Å². The predicted molar refractivity (Wildman–Crippen MR) is 50.2 cm³/mol. The van der Waals surface area contributed by atoms with Crippen LogP contribution in [0.15, 0.2) is 0 Å². The summed E-state index contributed by atoms with van der Waals surface area (Å²) in [6.07, 6.45) is 1.70. The fourth-order valence-electron chi connectivity index (χ4n) is 1.98. The summed E-state index contributed by atoms with van der Waals surface area (Å²) in [7, 11) is 0. The zero-order valence-corrected chi connectivity index (χ0v) is 8.55. The fraction of sp³-hybridized carbons (Fsp3) is 0.900. The second kappa shape index (κ2) is 3.17. The summed E-state index contributed by atoms with van der Waals surface area (Å²) in [5.41, 5.74) is 0.146. The van der Waals surface area contributed by atoms with Gasteiger partial charge in [0.15, 0.2) is 5.78 Å². The molecule has 0 aromatic heterocycles. The molecule has 0 aromatic rings. The molecule has 1 atom stereocenters. The van der Waals surface area contributed by atoms with Gasteiger partial charge in [-0.15, -0.1) is 0 Å². The maximum atomic E-state index is 11.4. The lowest BCUT2D eigenvalue weighted by molar-refractivity contribution is -0.120. The molecule has 1 heterocycles. The van der Waals surface area contributed by atoms with E-state index in [4.69, 9.17) is 0 Å². The first-order chi connectivity index (χ1) is 5.46. The Hall–Kier alpha value is -0.370.